The average Bonchev–Trinajstić information content (AvgIpc) is 2.80. The van der Waals surface area contributed by atoms with Crippen molar-refractivity contribution in [2.24, 2.45) is 0 Å². The van der Waals surface area contributed by atoms with Gasteiger partial charge < -0.3 is 19.7 Å². The van der Waals surface area contributed by atoms with Crippen molar-refractivity contribution in [2.75, 3.05) is 19.7 Å². The van der Waals surface area contributed by atoms with Crippen molar-refractivity contribution < 1.29 is 14.3 Å². The van der Waals surface area contributed by atoms with Crippen LogP contribution in [0.3, 0.4) is 0 Å². The number of morpholine rings is 1. The Bertz CT molecular complexity index is 282. The minimum atomic E-state index is 0. The largest absolute Gasteiger partial charge is 0.376 e. The summed E-state index contributed by atoms with van der Waals surface area (Å²) in [5.41, 5.74) is 0. The molecule has 0 bridgehead atoms. The molecule has 0 aromatic rings. The minimum absolute atomic E-state index is 0. The summed E-state index contributed by atoms with van der Waals surface area (Å²) in [7, 11) is 0. The normalized spacial score (nSPS) is 34.4. The summed E-state index contributed by atoms with van der Waals surface area (Å²) in [6.45, 7) is 8.15. The van der Waals surface area contributed by atoms with Gasteiger partial charge in [0.05, 0.1) is 24.4 Å². The fourth-order valence-electron chi connectivity index (χ4n) is 2.72. The second-order valence-electron chi connectivity index (χ2n) is 5.45. The van der Waals surface area contributed by atoms with E-state index in [1.165, 1.54) is 0 Å². The molecule has 4 atom stereocenters. The van der Waals surface area contributed by atoms with Crippen LogP contribution in [0.15, 0.2) is 0 Å². The fourth-order valence-corrected chi connectivity index (χ4v) is 2.72. The molecule has 1 N–H and O–H groups in total. The molecule has 5 heteroatoms. The Balaban J connectivity index is 1.83. The Morgan fingerprint density at radius 1 is 1.33 bits per heavy atom. The van der Waals surface area contributed by atoms with E-state index in [2.05, 4.69) is 5.32 Å². The molecule has 104 valence electrons. The number of ether oxygens (including phenoxy) is 2. The van der Waals surface area contributed by atoms with Crippen LogP contribution in [0, 0.1) is 0 Å². The molecule has 0 spiro atoms. The van der Waals surface area contributed by atoms with Crippen molar-refractivity contribution in [1.29, 1.82) is 0 Å². The second kappa shape index (κ2) is 5.89. The average molecular weight is 256 g/mol. The molecule has 2 rings (SSSR count). The molecule has 0 aromatic carbocycles. The summed E-state index contributed by atoms with van der Waals surface area (Å²) in [4.78, 5) is 14.0. The predicted molar refractivity (Wildman–Crippen MR) is 68.5 cm³/mol. The first-order valence-corrected chi connectivity index (χ1v) is 6.88. The zero-order valence-electron chi connectivity index (χ0n) is 11.5. The van der Waals surface area contributed by atoms with Crippen LogP contribution in [0.5, 0.6) is 0 Å². The molecule has 0 radical (unpaired) electrons. The maximum absolute atomic E-state index is 12.2. The van der Waals surface area contributed by atoms with Crippen molar-refractivity contribution in [3.8, 4) is 0 Å². The Hall–Kier alpha value is -0.810. The molecule has 2 fully saturated rings. The molecule has 2 heterocycles. The zero-order valence-corrected chi connectivity index (χ0v) is 11.5. The highest BCUT2D eigenvalue weighted by Gasteiger charge is 2.29. The van der Waals surface area contributed by atoms with E-state index < -0.39 is 0 Å². The number of hydrogen-bond donors (Lipinski definition) is 1. The lowest BCUT2D eigenvalue weighted by Crippen LogP contribution is -2.54. The molecule has 5 nitrogen and oxygen atoms in total. The van der Waals surface area contributed by atoms with Gasteiger partial charge in [0.1, 0.15) is 0 Å². The van der Waals surface area contributed by atoms with Gasteiger partial charge in [0.2, 0.25) is 0 Å². The van der Waals surface area contributed by atoms with Crippen LogP contribution in [0.4, 0.5) is 4.79 Å². The zero-order chi connectivity index (χ0) is 13.1. The molecule has 18 heavy (non-hydrogen) atoms. The van der Waals surface area contributed by atoms with E-state index in [0.29, 0.717) is 13.1 Å². The molecule has 2 amide bonds. The number of hydrogen-bond acceptors (Lipinski definition) is 3. The Morgan fingerprint density at radius 3 is 2.56 bits per heavy atom. The highest BCUT2D eigenvalue weighted by molar-refractivity contribution is 5.74. The maximum atomic E-state index is 12.2. The predicted octanol–water partition coefficient (Wildman–Crippen LogP) is 1.37. The minimum Gasteiger partial charge on any atom is -0.376 e. The summed E-state index contributed by atoms with van der Waals surface area (Å²) < 4.78 is 11.2. The van der Waals surface area contributed by atoms with Gasteiger partial charge in [-0.25, -0.2) is 4.79 Å². The van der Waals surface area contributed by atoms with Crippen LogP contribution in [0.25, 0.3) is 0 Å². The SMILES string of the molecule is C[C@@H]1CN(C(=O)N[C@H](C)[C@H]2CCCO2)C[C@H](C)O1. The number of amides is 2. The quantitative estimate of drug-likeness (QED) is 0.812. The van der Waals surface area contributed by atoms with E-state index in [0.717, 1.165) is 19.4 Å². The van der Waals surface area contributed by atoms with E-state index in [-0.39, 0.29) is 30.4 Å². The monoisotopic (exact) mass is 256 g/mol. The molecule has 2 aliphatic heterocycles. The van der Waals surface area contributed by atoms with Crippen LogP contribution in [0.2, 0.25) is 0 Å². The van der Waals surface area contributed by atoms with Crippen LogP contribution in [0.1, 0.15) is 33.6 Å². The Kier molecular flexibility index (Phi) is 4.45. The summed E-state index contributed by atoms with van der Waals surface area (Å²) in [5, 5.41) is 3.04. The maximum Gasteiger partial charge on any atom is 0.317 e. The van der Waals surface area contributed by atoms with E-state index in [9.17, 15) is 4.79 Å². The van der Waals surface area contributed by atoms with E-state index in [1.54, 1.807) is 0 Å². The van der Waals surface area contributed by atoms with Gasteiger partial charge in [-0.2, -0.15) is 0 Å². The third-order valence-corrected chi connectivity index (χ3v) is 3.58. The van der Waals surface area contributed by atoms with Gasteiger partial charge in [-0.1, -0.05) is 0 Å². The van der Waals surface area contributed by atoms with Gasteiger partial charge in [0.25, 0.3) is 0 Å². The summed E-state index contributed by atoms with van der Waals surface area (Å²) >= 11 is 0. The molecule has 2 saturated heterocycles. The van der Waals surface area contributed by atoms with Crippen molar-refractivity contribution in [1.82, 2.24) is 10.2 Å². The summed E-state index contributed by atoms with van der Waals surface area (Å²) in [5.74, 6) is 0. The third kappa shape index (κ3) is 3.36. The van der Waals surface area contributed by atoms with Gasteiger partial charge in [-0.05, 0) is 33.6 Å². The molecule has 2 aliphatic rings. The number of rotatable bonds is 2. The van der Waals surface area contributed by atoms with E-state index >= 15 is 0 Å². The Morgan fingerprint density at radius 2 is 2.00 bits per heavy atom. The number of nitrogens with zero attached hydrogens (tertiary/aromatic N) is 1. The van der Waals surface area contributed by atoms with Gasteiger partial charge in [0.15, 0.2) is 0 Å². The van der Waals surface area contributed by atoms with Crippen LogP contribution in [-0.4, -0.2) is 55.0 Å². The summed E-state index contributed by atoms with van der Waals surface area (Å²) in [6, 6.07) is 0.0773. The van der Waals surface area contributed by atoms with Crippen molar-refractivity contribution in [2.45, 2.75) is 58.0 Å². The molecular weight excluding hydrogens is 232 g/mol. The fraction of sp³-hybridized carbons (Fsp3) is 0.923. The van der Waals surface area contributed by atoms with Crippen molar-refractivity contribution in [3.05, 3.63) is 0 Å². The Labute approximate surface area is 109 Å². The highest BCUT2D eigenvalue weighted by atomic mass is 16.5. The van der Waals surface area contributed by atoms with Crippen LogP contribution >= 0.6 is 0 Å². The number of carbonyl (C=O) groups is 1. The van der Waals surface area contributed by atoms with Gasteiger partial charge in [-0.3, -0.25) is 0 Å². The van der Waals surface area contributed by atoms with Crippen LogP contribution in [-0.2, 0) is 9.47 Å². The molecule has 0 aliphatic carbocycles. The van der Waals surface area contributed by atoms with Gasteiger partial charge >= 0.3 is 6.03 Å². The topological polar surface area (TPSA) is 50.8 Å². The van der Waals surface area contributed by atoms with Gasteiger partial charge in [-0.15, -0.1) is 0 Å². The van der Waals surface area contributed by atoms with E-state index in [4.69, 9.17) is 9.47 Å². The number of nitrogens with one attached hydrogen (secondary N) is 1. The van der Waals surface area contributed by atoms with Crippen LogP contribution < -0.4 is 5.32 Å². The lowest BCUT2D eigenvalue weighted by atomic mass is 10.1. The molecular formula is C13H24N2O3. The first-order valence-electron chi connectivity index (χ1n) is 6.88. The second-order valence-corrected chi connectivity index (χ2v) is 5.45. The van der Waals surface area contributed by atoms with Gasteiger partial charge in [0, 0.05) is 19.7 Å². The smallest absolute Gasteiger partial charge is 0.317 e. The highest BCUT2D eigenvalue weighted by Crippen LogP contribution is 2.16. The standard InChI is InChI=1S/C13H24N2O3/c1-9-7-15(8-10(2)18-9)13(16)14-11(3)12-5-4-6-17-12/h9-12H,4-8H2,1-3H3,(H,14,16)/t9-,10+,11-,12-/m1/s1. The lowest BCUT2D eigenvalue weighted by Gasteiger charge is -2.36. The first kappa shape index (κ1) is 13.6. The lowest BCUT2D eigenvalue weighted by molar-refractivity contribution is -0.0551. The van der Waals surface area contributed by atoms with Crippen molar-refractivity contribution >= 4 is 6.03 Å². The molecule has 0 aromatic heterocycles. The number of carbonyl (C=O) groups excluding carboxylic acids is 1. The molecule has 0 unspecified atom stereocenters. The van der Waals surface area contributed by atoms with E-state index in [1.807, 2.05) is 25.7 Å². The summed E-state index contributed by atoms with van der Waals surface area (Å²) in [6.07, 6.45) is 2.52. The first-order chi connectivity index (χ1) is 8.56. The van der Waals surface area contributed by atoms with Crippen molar-refractivity contribution in [3.63, 3.8) is 0 Å². The number of urea groups is 1. The third-order valence-electron chi connectivity index (χ3n) is 3.58. The molecule has 0 saturated carbocycles.